The average molecular weight is 555 g/mol. The van der Waals surface area contributed by atoms with Crippen molar-refractivity contribution in [2.75, 3.05) is 65.8 Å². The number of nitrogens with zero attached hydrogens (tertiary/aromatic N) is 2. The molecule has 10 heteroatoms. The van der Waals surface area contributed by atoms with E-state index in [0.29, 0.717) is 55.4 Å². The maximum Gasteiger partial charge on any atom is 0.258 e. The van der Waals surface area contributed by atoms with Crippen molar-refractivity contribution in [3.05, 3.63) is 80.6 Å². The predicted octanol–water partition coefficient (Wildman–Crippen LogP) is 2.66. The van der Waals surface area contributed by atoms with Gasteiger partial charge in [0.15, 0.2) is 0 Å². The Labute approximate surface area is 233 Å². The molecule has 2 N–H and O–H groups in total. The first kappa shape index (κ1) is 27.8. The summed E-state index contributed by atoms with van der Waals surface area (Å²) < 4.78 is 17.0. The Bertz CT molecular complexity index is 1300. The van der Waals surface area contributed by atoms with Crippen LogP contribution in [-0.4, -0.2) is 92.7 Å². The van der Waals surface area contributed by atoms with E-state index in [1.54, 1.807) is 0 Å². The third-order valence-electron chi connectivity index (χ3n) is 7.16. The summed E-state index contributed by atoms with van der Waals surface area (Å²) in [4.78, 5) is 34.5. The topological polar surface area (TPSA) is 96.1 Å². The molecule has 1 aromatic heterocycles. The third kappa shape index (κ3) is 7.66. The van der Waals surface area contributed by atoms with Gasteiger partial charge in [0.2, 0.25) is 5.43 Å². The molecule has 2 aromatic carbocycles. The Morgan fingerprint density at radius 3 is 2.36 bits per heavy atom. The van der Waals surface area contributed by atoms with Crippen LogP contribution in [0.4, 0.5) is 0 Å². The van der Waals surface area contributed by atoms with Crippen molar-refractivity contribution < 1.29 is 19.0 Å². The summed E-state index contributed by atoms with van der Waals surface area (Å²) in [5, 5.41) is 4.08. The molecule has 9 nitrogen and oxygen atoms in total. The Hall–Kier alpha value is -2.79. The largest absolute Gasteiger partial charge is 0.379 e. The van der Waals surface area contributed by atoms with E-state index >= 15 is 0 Å². The molecule has 1 unspecified atom stereocenters. The van der Waals surface area contributed by atoms with E-state index in [-0.39, 0.29) is 11.0 Å². The van der Waals surface area contributed by atoms with Crippen LogP contribution in [0.3, 0.4) is 0 Å². The van der Waals surface area contributed by atoms with Gasteiger partial charge in [-0.05, 0) is 35.4 Å². The van der Waals surface area contributed by atoms with Crippen LogP contribution in [0, 0.1) is 0 Å². The zero-order valence-electron chi connectivity index (χ0n) is 22.0. The Balaban J connectivity index is 1.30. The highest BCUT2D eigenvalue weighted by Crippen LogP contribution is 2.15. The quantitative estimate of drug-likeness (QED) is 0.372. The molecule has 0 spiro atoms. The monoisotopic (exact) mass is 554 g/mol. The number of halogens is 1. The van der Waals surface area contributed by atoms with Crippen LogP contribution >= 0.6 is 11.6 Å². The first-order valence-corrected chi connectivity index (χ1v) is 13.8. The minimum atomic E-state index is -0.609. The smallest absolute Gasteiger partial charge is 0.258 e. The number of pyridine rings is 1. The lowest BCUT2D eigenvalue weighted by Gasteiger charge is -2.27. The summed E-state index contributed by atoms with van der Waals surface area (Å²) in [6, 6.07) is 13.2. The number of benzene rings is 2. The minimum Gasteiger partial charge on any atom is -0.379 e. The van der Waals surface area contributed by atoms with Crippen LogP contribution in [-0.2, 0) is 27.2 Å². The Morgan fingerprint density at radius 1 is 0.974 bits per heavy atom. The summed E-state index contributed by atoms with van der Waals surface area (Å²) in [6.45, 7) is 8.19. The van der Waals surface area contributed by atoms with Crippen molar-refractivity contribution in [3.8, 4) is 0 Å². The van der Waals surface area contributed by atoms with Crippen LogP contribution in [0.1, 0.15) is 21.5 Å². The summed E-state index contributed by atoms with van der Waals surface area (Å²) in [5.74, 6) is -0.470. The second-order valence-corrected chi connectivity index (χ2v) is 10.4. The Morgan fingerprint density at radius 2 is 1.64 bits per heavy atom. The van der Waals surface area contributed by atoms with Crippen molar-refractivity contribution in [2.24, 2.45) is 0 Å². The van der Waals surface area contributed by atoms with Gasteiger partial charge in [-0.3, -0.25) is 19.4 Å². The molecule has 0 bridgehead atoms. The summed E-state index contributed by atoms with van der Waals surface area (Å²) in [6.07, 6.45) is 1.32. The van der Waals surface area contributed by atoms with Gasteiger partial charge in [0.25, 0.3) is 5.91 Å². The molecule has 2 aliphatic rings. The van der Waals surface area contributed by atoms with Crippen molar-refractivity contribution in [1.82, 2.24) is 20.1 Å². The van der Waals surface area contributed by atoms with E-state index in [0.717, 1.165) is 50.4 Å². The molecule has 5 rings (SSSR count). The number of ether oxygens (including phenoxy) is 3. The number of amides is 1. The zero-order chi connectivity index (χ0) is 27.0. The zero-order valence-corrected chi connectivity index (χ0v) is 22.8. The van der Waals surface area contributed by atoms with E-state index in [2.05, 4.69) is 20.1 Å². The van der Waals surface area contributed by atoms with Gasteiger partial charge < -0.3 is 24.5 Å². The maximum absolute atomic E-state index is 13.4. The molecule has 0 radical (unpaired) electrons. The maximum atomic E-state index is 13.4. The number of rotatable bonds is 10. The first-order valence-electron chi connectivity index (χ1n) is 13.5. The Kier molecular flexibility index (Phi) is 9.62. The van der Waals surface area contributed by atoms with Gasteiger partial charge in [-0.25, -0.2) is 0 Å². The number of H-pyrrole nitrogens is 1. The van der Waals surface area contributed by atoms with Gasteiger partial charge in [0.1, 0.15) is 11.8 Å². The third-order valence-corrected chi connectivity index (χ3v) is 7.41. The average Bonchev–Trinajstić information content (AvgIpc) is 2.96. The summed E-state index contributed by atoms with van der Waals surface area (Å²) >= 11 is 6.05. The van der Waals surface area contributed by atoms with E-state index in [9.17, 15) is 9.59 Å². The van der Waals surface area contributed by atoms with E-state index in [1.165, 1.54) is 6.20 Å². The van der Waals surface area contributed by atoms with Crippen molar-refractivity contribution >= 4 is 28.4 Å². The number of aromatic amines is 1. The number of carbonyl (C=O) groups is 1. The van der Waals surface area contributed by atoms with Gasteiger partial charge >= 0.3 is 0 Å². The highest BCUT2D eigenvalue weighted by Gasteiger charge is 2.20. The van der Waals surface area contributed by atoms with E-state index < -0.39 is 12.1 Å². The summed E-state index contributed by atoms with van der Waals surface area (Å²) in [7, 11) is 0. The van der Waals surface area contributed by atoms with Gasteiger partial charge in [0.05, 0.1) is 33.0 Å². The number of nitrogens with one attached hydrogen (secondary N) is 2. The highest BCUT2D eigenvalue weighted by molar-refractivity contribution is 6.30. The number of hydrogen-bond acceptors (Lipinski definition) is 7. The van der Waals surface area contributed by atoms with Gasteiger partial charge in [-0.1, -0.05) is 29.8 Å². The molecule has 0 aliphatic carbocycles. The van der Waals surface area contributed by atoms with Crippen LogP contribution in [0.25, 0.3) is 10.9 Å². The molecular weight excluding hydrogens is 520 g/mol. The fraction of sp³-hybridized carbons (Fsp3) is 0.448. The second-order valence-electron chi connectivity index (χ2n) is 9.92. The van der Waals surface area contributed by atoms with Gasteiger partial charge in [0, 0.05) is 67.8 Å². The van der Waals surface area contributed by atoms with Gasteiger partial charge in [-0.2, -0.15) is 0 Å². The molecule has 208 valence electrons. The number of morpholine rings is 2. The lowest BCUT2D eigenvalue weighted by molar-refractivity contribution is -0.00654. The molecule has 2 saturated heterocycles. The number of carbonyl (C=O) groups excluding carboxylic acids is 1. The van der Waals surface area contributed by atoms with Crippen molar-refractivity contribution in [3.63, 3.8) is 0 Å². The fourth-order valence-corrected chi connectivity index (χ4v) is 5.04. The van der Waals surface area contributed by atoms with Crippen LogP contribution in [0.2, 0.25) is 5.02 Å². The molecule has 39 heavy (non-hydrogen) atoms. The predicted molar refractivity (Wildman–Crippen MR) is 150 cm³/mol. The van der Waals surface area contributed by atoms with Gasteiger partial charge in [-0.15, -0.1) is 0 Å². The molecule has 0 saturated carbocycles. The fourth-order valence-electron chi connectivity index (χ4n) is 4.91. The molecule has 3 heterocycles. The number of fused-ring (bicyclic) bond motifs is 1. The molecule has 1 amide bonds. The van der Waals surface area contributed by atoms with E-state index in [4.69, 9.17) is 25.8 Å². The SMILES string of the molecule is O=C(NC(Cc1ccc(Cl)cc1)OCCN1CCOCC1)c1c[nH]c2ccc(CN3CCOCC3)cc2c1=O. The van der Waals surface area contributed by atoms with Crippen LogP contribution < -0.4 is 10.7 Å². The first-order chi connectivity index (χ1) is 19.0. The van der Waals surface area contributed by atoms with E-state index in [1.807, 2.05) is 42.5 Å². The van der Waals surface area contributed by atoms with Crippen molar-refractivity contribution in [1.29, 1.82) is 0 Å². The standard InChI is InChI=1S/C29H35ClN4O5/c30-23-4-1-21(2-5-23)18-27(39-16-11-33-7-12-37-13-8-33)32-29(36)25-19-31-26-6-3-22(17-24(26)28(25)35)20-34-9-14-38-15-10-34/h1-6,17,19,27H,7-16,18,20H2,(H,31,35)(H,32,36). The van der Waals surface area contributed by atoms with Crippen LogP contribution in [0.5, 0.6) is 0 Å². The number of aromatic nitrogens is 1. The minimum absolute atomic E-state index is 0.0592. The molecule has 1 atom stereocenters. The molecule has 3 aromatic rings. The van der Waals surface area contributed by atoms with Crippen LogP contribution in [0.15, 0.2) is 53.5 Å². The molecule has 2 fully saturated rings. The second kappa shape index (κ2) is 13.5. The normalized spacial score (nSPS) is 17.8. The number of hydrogen-bond donors (Lipinski definition) is 2. The highest BCUT2D eigenvalue weighted by atomic mass is 35.5. The summed E-state index contributed by atoms with van der Waals surface area (Å²) in [5.41, 5.74) is 2.45. The lowest BCUT2D eigenvalue weighted by Crippen LogP contribution is -2.43. The lowest BCUT2D eigenvalue weighted by atomic mass is 10.1. The van der Waals surface area contributed by atoms with Crippen molar-refractivity contribution in [2.45, 2.75) is 19.2 Å². The molecule has 2 aliphatic heterocycles. The molecular formula is C29H35ClN4O5.